The number of rotatable bonds is 12. The van der Waals surface area contributed by atoms with Crippen molar-refractivity contribution in [2.45, 2.75) is 10.9 Å². The van der Waals surface area contributed by atoms with Crippen molar-refractivity contribution in [2.24, 2.45) is 0 Å². The van der Waals surface area contributed by atoms with Crippen molar-refractivity contribution in [1.29, 1.82) is 0 Å². The molecule has 1 unspecified atom stereocenters. The Labute approximate surface area is 191 Å². The molecule has 15 heteroatoms. The third-order valence-electron chi connectivity index (χ3n) is 4.49. The van der Waals surface area contributed by atoms with Crippen LogP contribution in [-0.4, -0.2) is 69.5 Å². The molecule has 2 aromatic rings. The largest absolute Gasteiger partial charge is 0.395 e. The smallest absolute Gasteiger partial charge is 0.269 e. The SMILES string of the molecule is O=[N+]([O-])c1ccc(NC(CS(=O)(=O)CCS(=O)(=O)O)c2ccc(S(=O)(=O)CCO)cc2)cc1. The number of benzene rings is 2. The summed E-state index contributed by atoms with van der Waals surface area (Å²) in [6.45, 7) is -0.569. The average Bonchev–Trinajstić information content (AvgIpc) is 2.72. The number of aliphatic hydroxyl groups is 1. The summed E-state index contributed by atoms with van der Waals surface area (Å²) in [5.74, 6) is -2.92. The lowest BCUT2D eigenvalue weighted by molar-refractivity contribution is -0.384. The van der Waals surface area contributed by atoms with Gasteiger partial charge in [-0.2, -0.15) is 8.42 Å². The minimum absolute atomic E-state index is 0.0800. The molecule has 0 spiro atoms. The second-order valence-electron chi connectivity index (χ2n) is 7.01. The molecule has 0 bridgehead atoms. The van der Waals surface area contributed by atoms with Gasteiger partial charge in [-0.05, 0) is 29.8 Å². The van der Waals surface area contributed by atoms with Gasteiger partial charge in [0.1, 0.15) is 0 Å². The highest BCUT2D eigenvalue weighted by atomic mass is 32.2. The minimum atomic E-state index is -4.51. The first-order valence-corrected chi connectivity index (χ1v) is 14.4. The lowest BCUT2D eigenvalue weighted by Crippen LogP contribution is -2.26. The molecule has 3 N–H and O–H groups in total. The van der Waals surface area contributed by atoms with Crippen LogP contribution in [0.15, 0.2) is 53.4 Å². The van der Waals surface area contributed by atoms with Crippen LogP contribution in [0.25, 0.3) is 0 Å². The molecule has 0 aromatic heterocycles. The first-order chi connectivity index (χ1) is 15.2. The lowest BCUT2D eigenvalue weighted by Gasteiger charge is -2.21. The number of anilines is 1. The van der Waals surface area contributed by atoms with E-state index in [-0.39, 0.29) is 10.6 Å². The van der Waals surface area contributed by atoms with Gasteiger partial charge in [-0.25, -0.2) is 16.8 Å². The molecular formula is C18H22N2O10S3. The van der Waals surface area contributed by atoms with Crippen molar-refractivity contribution in [2.75, 3.05) is 34.9 Å². The van der Waals surface area contributed by atoms with Crippen LogP contribution < -0.4 is 5.32 Å². The first kappa shape index (κ1) is 26.7. The highest BCUT2D eigenvalue weighted by Crippen LogP contribution is 2.25. The van der Waals surface area contributed by atoms with Crippen molar-refractivity contribution in [3.8, 4) is 0 Å². The topological polar surface area (TPSA) is 198 Å². The maximum atomic E-state index is 12.5. The van der Waals surface area contributed by atoms with Gasteiger partial charge in [0.2, 0.25) is 0 Å². The van der Waals surface area contributed by atoms with Gasteiger partial charge in [-0.3, -0.25) is 14.7 Å². The monoisotopic (exact) mass is 522 g/mol. The van der Waals surface area contributed by atoms with E-state index in [4.69, 9.17) is 9.66 Å². The molecule has 0 aliphatic carbocycles. The van der Waals surface area contributed by atoms with Gasteiger partial charge in [0.15, 0.2) is 19.7 Å². The van der Waals surface area contributed by atoms with Crippen LogP contribution in [0.1, 0.15) is 11.6 Å². The fourth-order valence-corrected chi connectivity index (χ4v) is 6.65. The molecule has 2 rings (SSSR count). The number of nitro benzene ring substituents is 1. The Morgan fingerprint density at radius 1 is 0.879 bits per heavy atom. The molecule has 0 amide bonds. The van der Waals surface area contributed by atoms with E-state index in [1.807, 2.05) is 0 Å². The molecule has 2 aromatic carbocycles. The fraction of sp³-hybridized carbons (Fsp3) is 0.333. The molecule has 0 radical (unpaired) electrons. The fourth-order valence-electron chi connectivity index (χ4n) is 2.82. The van der Waals surface area contributed by atoms with Crippen molar-refractivity contribution in [1.82, 2.24) is 0 Å². The van der Waals surface area contributed by atoms with Gasteiger partial charge in [0.25, 0.3) is 15.8 Å². The number of sulfone groups is 2. The molecule has 0 saturated heterocycles. The van der Waals surface area contributed by atoms with E-state index >= 15 is 0 Å². The highest BCUT2D eigenvalue weighted by molar-refractivity contribution is 7.93. The number of nitrogens with one attached hydrogen (secondary N) is 1. The van der Waals surface area contributed by atoms with Crippen LogP contribution in [0.3, 0.4) is 0 Å². The van der Waals surface area contributed by atoms with Crippen LogP contribution in [0.5, 0.6) is 0 Å². The van der Waals surface area contributed by atoms with Gasteiger partial charge in [0, 0.05) is 17.8 Å². The van der Waals surface area contributed by atoms with Crippen LogP contribution in [-0.2, 0) is 29.8 Å². The molecule has 182 valence electrons. The van der Waals surface area contributed by atoms with Crippen molar-refractivity contribution in [3.05, 3.63) is 64.2 Å². The Bertz CT molecular complexity index is 1290. The summed E-state index contributed by atoms with van der Waals surface area (Å²) in [5.41, 5.74) is 0.482. The Morgan fingerprint density at radius 3 is 1.94 bits per heavy atom. The Balaban J connectivity index is 2.36. The van der Waals surface area contributed by atoms with E-state index in [2.05, 4.69) is 5.32 Å². The van der Waals surface area contributed by atoms with Gasteiger partial charge < -0.3 is 10.4 Å². The predicted octanol–water partition coefficient (Wildman–Crippen LogP) is 0.817. The lowest BCUT2D eigenvalue weighted by atomic mass is 10.1. The van der Waals surface area contributed by atoms with Gasteiger partial charge >= 0.3 is 0 Å². The summed E-state index contributed by atoms with van der Waals surface area (Å²) in [7, 11) is -12.3. The number of nitrogens with zero attached hydrogens (tertiary/aromatic N) is 1. The second-order valence-corrected chi connectivity index (χ2v) is 12.9. The Hall–Kier alpha value is -2.59. The van der Waals surface area contributed by atoms with Crippen LogP contribution in [0.2, 0.25) is 0 Å². The van der Waals surface area contributed by atoms with Crippen LogP contribution >= 0.6 is 0 Å². The highest BCUT2D eigenvalue weighted by Gasteiger charge is 2.24. The molecule has 0 aliphatic heterocycles. The van der Waals surface area contributed by atoms with Crippen LogP contribution in [0.4, 0.5) is 11.4 Å². The molecule has 1 atom stereocenters. The zero-order valence-electron chi connectivity index (χ0n) is 17.1. The number of hydrogen-bond acceptors (Lipinski definition) is 10. The summed E-state index contributed by atoms with van der Waals surface area (Å²) < 4.78 is 79.9. The normalized spacial score (nSPS) is 13.4. The standard InChI is InChI=1S/C18H22N2O10S3/c21-9-10-32(26,27)17-7-1-14(2-8-17)18(13-31(24,25)11-12-33(28,29)30)19-15-3-5-16(6-4-15)20(22)23/h1-8,18-19,21H,9-13H2,(H,28,29,30). The van der Waals surface area contributed by atoms with Crippen molar-refractivity contribution >= 4 is 41.2 Å². The van der Waals surface area contributed by atoms with Gasteiger partial charge in [-0.1, -0.05) is 12.1 Å². The molecule has 0 heterocycles. The number of nitro groups is 1. The zero-order chi connectivity index (χ0) is 24.9. The molecular weight excluding hydrogens is 500 g/mol. The van der Waals surface area contributed by atoms with E-state index in [0.29, 0.717) is 11.3 Å². The maximum absolute atomic E-state index is 12.5. The van der Waals surface area contributed by atoms with Gasteiger partial charge in [0.05, 0.1) is 45.5 Å². The maximum Gasteiger partial charge on any atom is 0.269 e. The molecule has 33 heavy (non-hydrogen) atoms. The van der Waals surface area contributed by atoms with Crippen molar-refractivity contribution < 1.29 is 39.8 Å². The molecule has 0 aliphatic rings. The van der Waals surface area contributed by atoms with E-state index < -0.39 is 70.4 Å². The number of aliphatic hydroxyl groups excluding tert-OH is 1. The third-order valence-corrected chi connectivity index (χ3v) is 8.85. The summed E-state index contributed by atoms with van der Waals surface area (Å²) >= 11 is 0. The summed E-state index contributed by atoms with van der Waals surface area (Å²) in [4.78, 5) is 10.1. The summed E-state index contributed by atoms with van der Waals surface area (Å²) in [5, 5.41) is 22.6. The first-order valence-electron chi connectivity index (χ1n) is 9.32. The predicted molar refractivity (Wildman–Crippen MR) is 120 cm³/mol. The van der Waals surface area contributed by atoms with E-state index in [1.165, 1.54) is 48.5 Å². The molecule has 12 nitrogen and oxygen atoms in total. The van der Waals surface area contributed by atoms with E-state index in [0.717, 1.165) is 0 Å². The quantitative estimate of drug-likeness (QED) is 0.202. The molecule has 0 fully saturated rings. The number of hydrogen-bond donors (Lipinski definition) is 3. The summed E-state index contributed by atoms with van der Waals surface area (Å²) in [6.07, 6.45) is 0. The Kier molecular flexibility index (Phi) is 8.53. The second kappa shape index (κ2) is 10.6. The van der Waals surface area contributed by atoms with E-state index in [1.54, 1.807) is 0 Å². The van der Waals surface area contributed by atoms with E-state index in [9.17, 15) is 35.4 Å². The average molecular weight is 523 g/mol. The zero-order valence-corrected chi connectivity index (χ0v) is 19.5. The number of non-ortho nitro benzene ring substituents is 1. The summed E-state index contributed by atoms with van der Waals surface area (Å²) in [6, 6.07) is 9.37. The van der Waals surface area contributed by atoms with Gasteiger partial charge in [-0.15, -0.1) is 0 Å². The molecule has 0 saturated carbocycles. The van der Waals surface area contributed by atoms with Crippen LogP contribution in [0, 0.1) is 10.1 Å². The van der Waals surface area contributed by atoms with Crippen molar-refractivity contribution in [3.63, 3.8) is 0 Å². The Morgan fingerprint density at radius 2 is 1.45 bits per heavy atom. The third kappa shape index (κ3) is 8.36. The minimum Gasteiger partial charge on any atom is -0.395 e.